The minimum absolute atomic E-state index is 0.306. The summed E-state index contributed by atoms with van der Waals surface area (Å²) in [6.07, 6.45) is 2.96. The number of nitrogens with one attached hydrogen (secondary N) is 1. The van der Waals surface area contributed by atoms with E-state index in [9.17, 15) is 4.79 Å². The summed E-state index contributed by atoms with van der Waals surface area (Å²) in [6.45, 7) is 2.99. The van der Waals surface area contributed by atoms with Crippen LogP contribution in [0.15, 0.2) is 0 Å². The van der Waals surface area contributed by atoms with Crippen LogP contribution in [0.4, 0.5) is 0 Å². The summed E-state index contributed by atoms with van der Waals surface area (Å²) in [5, 5.41) is 11.7. The Morgan fingerprint density at radius 1 is 1.55 bits per heavy atom. The first kappa shape index (κ1) is 8.53. The van der Waals surface area contributed by atoms with Crippen LogP contribution in [-0.4, -0.2) is 23.7 Å². The number of hydrogen-bond donors (Lipinski definition) is 2. The molecule has 1 saturated heterocycles. The van der Waals surface area contributed by atoms with E-state index in [-0.39, 0.29) is 6.04 Å². The van der Waals surface area contributed by atoms with Gasteiger partial charge in [-0.3, -0.25) is 4.79 Å². The molecule has 0 saturated carbocycles. The summed E-state index contributed by atoms with van der Waals surface area (Å²) in [5.74, 6) is -0.0848. The fourth-order valence-electron chi connectivity index (χ4n) is 1.43. The highest BCUT2D eigenvalue weighted by Crippen LogP contribution is 2.13. The molecule has 0 amide bonds. The van der Waals surface area contributed by atoms with E-state index in [1.54, 1.807) is 0 Å². The summed E-state index contributed by atoms with van der Waals surface area (Å²) in [7, 11) is 0. The maximum absolute atomic E-state index is 10.6. The molecule has 1 fully saturated rings. The van der Waals surface area contributed by atoms with Gasteiger partial charge in [-0.05, 0) is 25.3 Å². The van der Waals surface area contributed by atoms with Crippen molar-refractivity contribution in [3.8, 4) is 0 Å². The van der Waals surface area contributed by atoms with Gasteiger partial charge >= 0.3 is 5.97 Å². The van der Waals surface area contributed by atoms with E-state index in [0.29, 0.717) is 5.92 Å². The molecular weight excluding hydrogens is 142 g/mol. The van der Waals surface area contributed by atoms with E-state index in [1.807, 2.05) is 0 Å². The van der Waals surface area contributed by atoms with Crippen molar-refractivity contribution in [3.05, 3.63) is 0 Å². The lowest BCUT2D eigenvalue weighted by Crippen LogP contribution is -2.36. The number of carboxylic acids is 1. The average Bonchev–Trinajstić information content (AvgIpc) is 2.13. The van der Waals surface area contributed by atoms with Crippen LogP contribution in [0.2, 0.25) is 0 Å². The van der Waals surface area contributed by atoms with Gasteiger partial charge in [0.25, 0.3) is 0 Å². The predicted octanol–water partition coefficient (Wildman–Crippen LogP) is 0.849. The molecule has 3 nitrogen and oxygen atoms in total. The molecule has 0 spiro atoms. The van der Waals surface area contributed by atoms with Crippen molar-refractivity contribution in [2.45, 2.75) is 32.2 Å². The SMILES string of the molecule is CC1CCCC(C(=O)O)NC1. The van der Waals surface area contributed by atoms with Crippen molar-refractivity contribution in [1.29, 1.82) is 0 Å². The molecule has 0 aliphatic carbocycles. The van der Waals surface area contributed by atoms with Crippen LogP contribution in [0.25, 0.3) is 0 Å². The second-order valence-electron chi connectivity index (χ2n) is 3.34. The number of carbonyl (C=O) groups is 1. The lowest BCUT2D eigenvalue weighted by molar-refractivity contribution is -0.139. The predicted molar refractivity (Wildman–Crippen MR) is 42.4 cm³/mol. The summed E-state index contributed by atoms with van der Waals surface area (Å²) in [5.41, 5.74) is 0. The van der Waals surface area contributed by atoms with Gasteiger partial charge in [-0.15, -0.1) is 0 Å². The lowest BCUT2D eigenvalue weighted by atomic mass is 10.1. The van der Waals surface area contributed by atoms with E-state index in [2.05, 4.69) is 12.2 Å². The average molecular weight is 157 g/mol. The van der Waals surface area contributed by atoms with Crippen molar-refractivity contribution in [2.24, 2.45) is 5.92 Å². The maximum atomic E-state index is 10.6. The number of aliphatic carboxylic acids is 1. The van der Waals surface area contributed by atoms with Crippen LogP contribution in [0, 0.1) is 5.92 Å². The second kappa shape index (κ2) is 3.72. The summed E-state index contributed by atoms with van der Waals surface area (Å²) < 4.78 is 0. The summed E-state index contributed by atoms with van der Waals surface area (Å²) in [6, 6.07) is -0.306. The molecule has 2 N–H and O–H groups in total. The highest BCUT2D eigenvalue weighted by Gasteiger charge is 2.20. The van der Waals surface area contributed by atoms with Gasteiger partial charge in [0, 0.05) is 0 Å². The van der Waals surface area contributed by atoms with Crippen LogP contribution in [-0.2, 0) is 4.79 Å². The fraction of sp³-hybridized carbons (Fsp3) is 0.875. The number of hydrogen-bond acceptors (Lipinski definition) is 2. The first-order chi connectivity index (χ1) is 5.20. The Balaban J connectivity index is 2.40. The summed E-state index contributed by atoms with van der Waals surface area (Å²) in [4.78, 5) is 10.6. The number of rotatable bonds is 1. The van der Waals surface area contributed by atoms with E-state index in [0.717, 1.165) is 25.8 Å². The Labute approximate surface area is 66.8 Å². The molecule has 1 rings (SSSR count). The summed E-state index contributed by atoms with van der Waals surface area (Å²) >= 11 is 0. The van der Waals surface area contributed by atoms with Crippen LogP contribution >= 0.6 is 0 Å². The Morgan fingerprint density at radius 2 is 2.27 bits per heavy atom. The molecule has 1 aliphatic heterocycles. The highest BCUT2D eigenvalue weighted by molar-refractivity contribution is 5.73. The second-order valence-corrected chi connectivity index (χ2v) is 3.34. The third-order valence-corrected chi connectivity index (χ3v) is 2.20. The van der Waals surface area contributed by atoms with Gasteiger partial charge < -0.3 is 10.4 Å². The molecule has 0 bridgehead atoms. The monoisotopic (exact) mass is 157 g/mol. The normalized spacial score (nSPS) is 32.8. The van der Waals surface area contributed by atoms with Gasteiger partial charge in [-0.2, -0.15) is 0 Å². The zero-order chi connectivity index (χ0) is 8.27. The van der Waals surface area contributed by atoms with Crippen molar-refractivity contribution in [2.75, 3.05) is 6.54 Å². The molecule has 1 aliphatic rings. The highest BCUT2D eigenvalue weighted by atomic mass is 16.4. The number of carboxylic acid groups (broad SMARTS) is 1. The first-order valence-corrected chi connectivity index (χ1v) is 4.16. The van der Waals surface area contributed by atoms with Crippen LogP contribution in [0.1, 0.15) is 26.2 Å². The minimum Gasteiger partial charge on any atom is -0.480 e. The molecule has 0 aromatic heterocycles. The molecule has 1 heterocycles. The van der Waals surface area contributed by atoms with Crippen LogP contribution in [0.3, 0.4) is 0 Å². The zero-order valence-corrected chi connectivity index (χ0v) is 6.84. The minimum atomic E-state index is -0.709. The van der Waals surface area contributed by atoms with Crippen molar-refractivity contribution < 1.29 is 9.90 Å². The Hall–Kier alpha value is -0.570. The van der Waals surface area contributed by atoms with Gasteiger partial charge in [-0.1, -0.05) is 13.3 Å². The quantitative estimate of drug-likeness (QED) is 0.593. The van der Waals surface area contributed by atoms with Gasteiger partial charge in [-0.25, -0.2) is 0 Å². The van der Waals surface area contributed by atoms with E-state index in [1.165, 1.54) is 0 Å². The van der Waals surface area contributed by atoms with Gasteiger partial charge in [0.1, 0.15) is 6.04 Å². The van der Waals surface area contributed by atoms with Gasteiger partial charge in [0.05, 0.1) is 0 Å². The van der Waals surface area contributed by atoms with Crippen molar-refractivity contribution in [3.63, 3.8) is 0 Å². The standard InChI is InChI=1S/C8H15NO2/c1-6-3-2-4-7(8(10)11)9-5-6/h6-7,9H,2-5H2,1H3,(H,10,11). The molecule has 0 aromatic carbocycles. The molecule has 2 unspecified atom stereocenters. The van der Waals surface area contributed by atoms with Crippen LogP contribution < -0.4 is 5.32 Å². The third-order valence-electron chi connectivity index (χ3n) is 2.20. The molecule has 0 aromatic rings. The van der Waals surface area contributed by atoms with Gasteiger partial charge in [0.15, 0.2) is 0 Å². The van der Waals surface area contributed by atoms with Crippen molar-refractivity contribution >= 4 is 5.97 Å². The van der Waals surface area contributed by atoms with E-state index >= 15 is 0 Å². The van der Waals surface area contributed by atoms with Crippen LogP contribution in [0.5, 0.6) is 0 Å². The smallest absolute Gasteiger partial charge is 0.320 e. The molecule has 2 atom stereocenters. The Kier molecular flexibility index (Phi) is 2.88. The van der Waals surface area contributed by atoms with Crippen molar-refractivity contribution in [1.82, 2.24) is 5.32 Å². The lowest BCUT2D eigenvalue weighted by Gasteiger charge is -2.10. The Morgan fingerprint density at radius 3 is 2.91 bits per heavy atom. The maximum Gasteiger partial charge on any atom is 0.320 e. The zero-order valence-electron chi connectivity index (χ0n) is 6.84. The Bertz CT molecular complexity index is 147. The molecule has 3 heteroatoms. The topological polar surface area (TPSA) is 49.3 Å². The van der Waals surface area contributed by atoms with E-state index < -0.39 is 5.97 Å². The van der Waals surface area contributed by atoms with Gasteiger partial charge in [0.2, 0.25) is 0 Å². The molecule has 64 valence electrons. The molecule has 0 radical (unpaired) electrons. The largest absolute Gasteiger partial charge is 0.480 e. The first-order valence-electron chi connectivity index (χ1n) is 4.16. The fourth-order valence-corrected chi connectivity index (χ4v) is 1.43. The molecule has 11 heavy (non-hydrogen) atoms. The molecular formula is C8H15NO2. The third kappa shape index (κ3) is 2.50. The van der Waals surface area contributed by atoms with E-state index in [4.69, 9.17) is 5.11 Å².